The summed E-state index contributed by atoms with van der Waals surface area (Å²) in [6.45, 7) is 1.39. The Balaban J connectivity index is 1.35. The third-order valence-corrected chi connectivity index (χ3v) is 6.56. The second-order valence-corrected chi connectivity index (χ2v) is 9.04. The summed E-state index contributed by atoms with van der Waals surface area (Å²) in [5, 5.41) is 2.79. The molecule has 33 heavy (non-hydrogen) atoms. The van der Waals surface area contributed by atoms with Crippen molar-refractivity contribution in [2.24, 2.45) is 0 Å². The maximum atomic E-state index is 13.4. The topological polar surface area (TPSA) is 53.5 Å². The van der Waals surface area contributed by atoms with Gasteiger partial charge in [0.2, 0.25) is 5.91 Å². The molecule has 0 aliphatic carbocycles. The highest BCUT2D eigenvalue weighted by atomic mass is 32.1. The zero-order chi connectivity index (χ0) is 22.6. The van der Waals surface area contributed by atoms with Crippen LogP contribution in [0, 0.1) is 0 Å². The van der Waals surface area contributed by atoms with Crippen LogP contribution in [0.25, 0.3) is 11.1 Å². The van der Waals surface area contributed by atoms with E-state index < -0.39 is 0 Å². The molecule has 164 valence electrons. The van der Waals surface area contributed by atoms with Gasteiger partial charge in [0, 0.05) is 30.2 Å². The standard InChI is InChI=1S/C27H23N3O2S/c31-26(19-30-17-23-10-4-5-12-24(23)27(30)32)29(18-25-28-13-14-33-25)16-20-7-6-11-22(15-20)21-8-2-1-3-9-21/h1-15H,16-19H2. The van der Waals surface area contributed by atoms with Gasteiger partial charge in [-0.05, 0) is 34.4 Å². The van der Waals surface area contributed by atoms with E-state index in [1.54, 1.807) is 16.0 Å². The number of carbonyl (C=O) groups excluding carboxylic acids is 2. The Morgan fingerprint density at radius 3 is 2.52 bits per heavy atom. The molecule has 5 nitrogen and oxygen atoms in total. The van der Waals surface area contributed by atoms with Crippen LogP contribution in [0.2, 0.25) is 0 Å². The Kier molecular flexibility index (Phi) is 6.00. The van der Waals surface area contributed by atoms with Crippen LogP contribution in [0.3, 0.4) is 0 Å². The summed E-state index contributed by atoms with van der Waals surface area (Å²) in [6, 6.07) is 26.0. The zero-order valence-electron chi connectivity index (χ0n) is 18.1. The molecule has 0 saturated carbocycles. The minimum atomic E-state index is -0.0866. The summed E-state index contributed by atoms with van der Waals surface area (Å²) in [5.74, 6) is -0.171. The first-order valence-corrected chi connectivity index (χ1v) is 11.7. The van der Waals surface area contributed by atoms with E-state index in [1.807, 2.05) is 60.0 Å². The fourth-order valence-electron chi connectivity index (χ4n) is 4.13. The molecule has 6 heteroatoms. The zero-order valence-corrected chi connectivity index (χ0v) is 18.9. The second-order valence-electron chi connectivity index (χ2n) is 8.06. The molecule has 0 N–H and O–H groups in total. The number of benzene rings is 3. The monoisotopic (exact) mass is 453 g/mol. The molecule has 0 unspecified atom stereocenters. The van der Waals surface area contributed by atoms with Crippen molar-refractivity contribution in [2.45, 2.75) is 19.6 Å². The number of nitrogens with zero attached hydrogens (tertiary/aromatic N) is 3. The molecule has 3 aromatic carbocycles. The smallest absolute Gasteiger partial charge is 0.254 e. The molecule has 0 fully saturated rings. The van der Waals surface area contributed by atoms with E-state index in [4.69, 9.17) is 0 Å². The summed E-state index contributed by atoms with van der Waals surface area (Å²) >= 11 is 1.53. The fraction of sp³-hybridized carbons (Fsp3) is 0.148. The van der Waals surface area contributed by atoms with Crippen molar-refractivity contribution < 1.29 is 9.59 Å². The van der Waals surface area contributed by atoms with Crippen LogP contribution in [0.5, 0.6) is 0 Å². The minimum Gasteiger partial charge on any atom is -0.330 e. The molecule has 0 saturated heterocycles. The number of amides is 2. The highest BCUT2D eigenvalue weighted by Gasteiger charge is 2.30. The van der Waals surface area contributed by atoms with E-state index in [0.29, 0.717) is 25.2 Å². The fourth-order valence-corrected chi connectivity index (χ4v) is 4.76. The molecule has 2 amide bonds. The van der Waals surface area contributed by atoms with Gasteiger partial charge in [-0.15, -0.1) is 11.3 Å². The van der Waals surface area contributed by atoms with E-state index in [-0.39, 0.29) is 18.4 Å². The molecule has 0 radical (unpaired) electrons. The van der Waals surface area contributed by atoms with Crippen molar-refractivity contribution in [3.05, 3.63) is 112 Å². The second kappa shape index (κ2) is 9.38. The Morgan fingerprint density at radius 1 is 0.939 bits per heavy atom. The third kappa shape index (κ3) is 4.71. The van der Waals surface area contributed by atoms with Crippen LogP contribution in [-0.4, -0.2) is 33.1 Å². The molecule has 4 aromatic rings. The summed E-state index contributed by atoms with van der Waals surface area (Å²) < 4.78 is 0. The van der Waals surface area contributed by atoms with Crippen LogP contribution >= 0.6 is 11.3 Å². The van der Waals surface area contributed by atoms with Crippen LogP contribution in [0.15, 0.2) is 90.4 Å². The van der Waals surface area contributed by atoms with Gasteiger partial charge in [0.25, 0.3) is 5.91 Å². The van der Waals surface area contributed by atoms with Gasteiger partial charge in [-0.3, -0.25) is 9.59 Å². The number of hydrogen-bond donors (Lipinski definition) is 0. The first-order chi connectivity index (χ1) is 16.2. The molecule has 0 spiro atoms. The van der Waals surface area contributed by atoms with Crippen molar-refractivity contribution in [3.8, 4) is 11.1 Å². The van der Waals surface area contributed by atoms with Crippen LogP contribution < -0.4 is 0 Å². The molecule has 5 rings (SSSR count). The Hall–Kier alpha value is -3.77. The molecule has 1 aliphatic heterocycles. The summed E-state index contributed by atoms with van der Waals surface area (Å²) in [7, 11) is 0. The molecule has 2 heterocycles. The number of rotatable bonds is 7. The summed E-state index contributed by atoms with van der Waals surface area (Å²) in [6.07, 6.45) is 1.75. The van der Waals surface area contributed by atoms with Gasteiger partial charge < -0.3 is 9.80 Å². The highest BCUT2D eigenvalue weighted by Crippen LogP contribution is 2.24. The maximum Gasteiger partial charge on any atom is 0.254 e. The average molecular weight is 454 g/mol. The van der Waals surface area contributed by atoms with Gasteiger partial charge in [-0.25, -0.2) is 4.98 Å². The quantitative estimate of drug-likeness (QED) is 0.396. The number of hydrogen-bond acceptors (Lipinski definition) is 4. The highest BCUT2D eigenvalue weighted by molar-refractivity contribution is 7.09. The lowest BCUT2D eigenvalue weighted by Gasteiger charge is -2.25. The SMILES string of the molecule is O=C(CN1Cc2ccccc2C1=O)N(Cc1cccc(-c2ccccc2)c1)Cc1nccs1. The predicted octanol–water partition coefficient (Wildman–Crippen LogP) is 4.99. The average Bonchev–Trinajstić information content (AvgIpc) is 3.47. The van der Waals surface area contributed by atoms with Gasteiger partial charge in [0.15, 0.2) is 0 Å². The maximum absolute atomic E-state index is 13.4. The van der Waals surface area contributed by atoms with Crippen LogP contribution in [-0.2, 0) is 24.4 Å². The molecular formula is C27H23N3O2S. The number of thiazole rings is 1. The summed E-state index contributed by atoms with van der Waals surface area (Å²) in [4.78, 5) is 34.0. The third-order valence-electron chi connectivity index (χ3n) is 5.79. The normalized spacial score (nSPS) is 12.6. The van der Waals surface area contributed by atoms with Gasteiger partial charge in [-0.2, -0.15) is 0 Å². The molecule has 1 aliphatic rings. The Morgan fingerprint density at radius 2 is 1.73 bits per heavy atom. The van der Waals surface area contributed by atoms with Crippen molar-refractivity contribution >= 4 is 23.2 Å². The molecule has 1 aromatic heterocycles. The van der Waals surface area contributed by atoms with Gasteiger partial charge in [0.05, 0.1) is 6.54 Å². The van der Waals surface area contributed by atoms with E-state index in [1.165, 1.54) is 11.3 Å². The first-order valence-electron chi connectivity index (χ1n) is 10.8. The van der Waals surface area contributed by atoms with Gasteiger partial charge in [0.1, 0.15) is 11.6 Å². The molecule has 0 atom stereocenters. The van der Waals surface area contributed by atoms with Crippen molar-refractivity contribution in [2.75, 3.05) is 6.54 Å². The predicted molar refractivity (Wildman–Crippen MR) is 129 cm³/mol. The lowest BCUT2D eigenvalue weighted by Crippen LogP contribution is -2.39. The van der Waals surface area contributed by atoms with Crippen molar-refractivity contribution in [1.29, 1.82) is 0 Å². The largest absolute Gasteiger partial charge is 0.330 e. The Labute approximate surface area is 196 Å². The van der Waals surface area contributed by atoms with E-state index >= 15 is 0 Å². The minimum absolute atomic E-state index is 0.0528. The summed E-state index contributed by atoms with van der Waals surface area (Å²) in [5.41, 5.74) is 4.94. The number of carbonyl (C=O) groups is 2. The van der Waals surface area contributed by atoms with Crippen molar-refractivity contribution in [3.63, 3.8) is 0 Å². The van der Waals surface area contributed by atoms with Crippen molar-refractivity contribution in [1.82, 2.24) is 14.8 Å². The molecule has 0 bridgehead atoms. The Bertz CT molecular complexity index is 1270. The van der Waals surface area contributed by atoms with Gasteiger partial charge >= 0.3 is 0 Å². The molecular weight excluding hydrogens is 430 g/mol. The van der Waals surface area contributed by atoms with E-state index in [2.05, 4.69) is 29.2 Å². The van der Waals surface area contributed by atoms with E-state index in [0.717, 1.165) is 27.3 Å². The first kappa shape index (κ1) is 21.1. The number of aromatic nitrogens is 1. The lowest BCUT2D eigenvalue weighted by molar-refractivity contribution is -0.133. The number of fused-ring (bicyclic) bond motifs is 1. The van der Waals surface area contributed by atoms with Crippen LogP contribution in [0.4, 0.5) is 0 Å². The van der Waals surface area contributed by atoms with Gasteiger partial charge in [-0.1, -0.05) is 66.7 Å². The van der Waals surface area contributed by atoms with Crippen LogP contribution in [0.1, 0.15) is 26.5 Å². The van der Waals surface area contributed by atoms with E-state index in [9.17, 15) is 9.59 Å². The lowest BCUT2D eigenvalue weighted by atomic mass is 10.0.